The van der Waals surface area contributed by atoms with E-state index in [4.69, 9.17) is 0 Å². The largest absolute Gasteiger partial charge is 0.392 e. The van der Waals surface area contributed by atoms with Gasteiger partial charge in [-0.15, -0.1) is 0 Å². The second kappa shape index (κ2) is 7.76. The molecule has 27 heavy (non-hydrogen) atoms. The van der Waals surface area contributed by atoms with Crippen LogP contribution < -0.4 is 0 Å². The average Bonchev–Trinajstić information content (AvgIpc) is 3.40. The summed E-state index contributed by atoms with van der Waals surface area (Å²) in [7, 11) is 0. The smallest absolute Gasteiger partial charge is 0.254 e. The van der Waals surface area contributed by atoms with Crippen molar-refractivity contribution in [2.45, 2.75) is 19.4 Å². The highest BCUT2D eigenvalue weighted by Gasteiger charge is 2.28. The molecule has 0 bridgehead atoms. The number of aliphatic hydroxyl groups excluding tert-OH is 1. The van der Waals surface area contributed by atoms with Crippen LogP contribution in [0.25, 0.3) is 11.4 Å². The SMILES string of the molecule is O=C(c1ccccc1-c1ncc[nH]1)N1CC[C@H](Cc2cccc(CO)c2)C1. The number of hydrogen-bond donors (Lipinski definition) is 2. The molecule has 0 unspecified atom stereocenters. The molecule has 0 saturated carbocycles. The van der Waals surface area contributed by atoms with E-state index < -0.39 is 0 Å². The standard InChI is InChI=1S/C22H23N3O2/c26-15-18-5-3-4-16(13-18)12-17-8-11-25(14-17)22(27)20-7-2-1-6-19(20)21-23-9-10-24-21/h1-7,9-10,13,17,26H,8,11-12,14-15H2,(H,23,24)/t17-/m1/s1. The Morgan fingerprint density at radius 2 is 2.04 bits per heavy atom. The number of amides is 1. The Morgan fingerprint density at radius 1 is 1.19 bits per heavy atom. The number of benzene rings is 2. The van der Waals surface area contributed by atoms with Crippen molar-refractivity contribution in [3.05, 3.63) is 77.6 Å². The quantitative estimate of drug-likeness (QED) is 0.733. The van der Waals surface area contributed by atoms with Crippen LogP contribution in [-0.4, -0.2) is 39.0 Å². The van der Waals surface area contributed by atoms with Gasteiger partial charge in [0.15, 0.2) is 0 Å². The minimum absolute atomic E-state index is 0.0622. The molecule has 3 aromatic rings. The highest BCUT2D eigenvalue weighted by atomic mass is 16.3. The monoisotopic (exact) mass is 361 g/mol. The van der Waals surface area contributed by atoms with Crippen molar-refractivity contribution in [1.29, 1.82) is 0 Å². The molecule has 1 aromatic heterocycles. The van der Waals surface area contributed by atoms with Crippen LogP contribution in [0.3, 0.4) is 0 Å². The van der Waals surface area contributed by atoms with E-state index >= 15 is 0 Å². The zero-order valence-corrected chi connectivity index (χ0v) is 15.1. The molecule has 1 fully saturated rings. The summed E-state index contributed by atoms with van der Waals surface area (Å²) in [6.45, 7) is 1.59. The van der Waals surface area contributed by atoms with Crippen molar-refractivity contribution < 1.29 is 9.90 Å². The van der Waals surface area contributed by atoms with E-state index in [0.717, 1.165) is 42.9 Å². The third kappa shape index (κ3) is 3.78. The van der Waals surface area contributed by atoms with Gasteiger partial charge in [-0.1, -0.05) is 42.5 Å². The molecule has 2 N–H and O–H groups in total. The Bertz CT molecular complexity index is 921. The van der Waals surface area contributed by atoms with Gasteiger partial charge in [-0.05, 0) is 36.0 Å². The maximum absolute atomic E-state index is 13.1. The molecule has 2 heterocycles. The Hall–Kier alpha value is -2.92. The van der Waals surface area contributed by atoms with Gasteiger partial charge in [-0.3, -0.25) is 4.79 Å². The van der Waals surface area contributed by atoms with Crippen LogP contribution in [0.15, 0.2) is 60.9 Å². The topological polar surface area (TPSA) is 69.2 Å². The molecule has 138 valence electrons. The van der Waals surface area contributed by atoms with Crippen LogP contribution in [0.4, 0.5) is 0 Å². The van der Waals surface area contributed by atoms with Crippen molar-refractivity contribution in [2.24, 2.45) is 5.92 Å². The molecule has 1 aliphatic heterocycles. The lowest BCUT2D eigenvalue weighted by atomic mass is 9.97. The molecule has 2 aromatic carbocycles. The normalized spacial score (nSPS) is 16.6. The van der Waals surface area contributed by atoms with Crippen LogP contribution >= 0.6 is 0 Å². The van der Waals surface area contributed by atoms with E-state index in [-0.39, 0.29) is 12.5 Å². The first-order valence-electron chi connectivity index (χ1n) is 9.31. The van der Waals surface area contributed by atoms with Crippen molar-refractivity contribution in [3.63, 3.8) is 0 Å². The number of aliphatic hydroxyl groups is 1. The van der Waals surface area contributed by atoms with Gasteiger partial charge in [0, 0.05) is 31.0 Å². The van der Waals surface area contributed by atoms with Gasteiger partial charge in [0.1, 0.15) is 5.82 Å². The fourth-order valence-electron chi connectivity index (χ4n) is 3.83. The predicted octanol–water partition coefficient (Wildman–Crippen LogP) is 3.27. The minimum atomic E-state index is 0.0622. The highest BCUT2D eigenvalue weighted by molar-refractivity contribution is 6.00. The lowest BCUT2D eigenvalue weighted by Crippen LogP contribution is -2.29. The number of H-pyrrole nitrogens is 1. The molecular formula is C22H23N3O2. The average molecular weight is 361 g/mol. The number of rotatable bonds is 5. The second-order valence-corrected chi connectivity index (χ2v) is 7.07. The van der Waals surface area contributed by atoms with Gasteiger partial charge >= 0.3 is 0 Å². The van der Waals surface area contributed by atoms with Crippen molar-refractivity contribution in [2.75, 3.05) is 13.1 Å². The van der Waals surface area contributed by atoms with Gasteiger partial charge in [-0.25, -0.2) is 4.98 Å². The first-order chi connectivity index (χ1) is 13.2. The van der Waals surface area contributed by atoms with Gasteiger partial charge in [0.2, 0.25) is 0 Å². The lowest BCUT2D eigenvalue weighted by molar-refractivity contribution is 0.0788. The Labute approximate surface area is 158 Å². The molecule has 5 nitrogen and oxygen atoms in total. The molecule has 0 aliphatic carbocycles. The van der Waals surface area contributed by atoms with Crippen molar-refractivity contribution in [1.82, 2.24) is 14.9 Å². The number of likely N-dealkylation sites (tertiary alicyclic amines) is 1. The first-order valence-corrected chi connectivity index (χ1v) is 9.31. The summed E-state index contributed by atoms with van der Waals surface area (Å²) in [4.78, 5) is 22.4. The molecule has 0 radical (unpaired) electrons. The lowest BCUT2D eigenvalue weighted by Gasteiger charge is -2.18. The predicted molar refractivity (Wildman–Crippen MR) is 104 cm³/mol. The van der Waals surface area contributed by atoms with Crippen LogP contribution in [0.2, 0.25) is 0 Å². The first kappa shape index (κ1) is 17.5. The third-order valence-electron chi connectivity index (χ3n) is 5.18. The van der Waals surface area contributed by atoms with E-state index in [0.29, 0.717) is 11.5 Å². The van der Waals surface area contributed by atoms with Crippen molar-refractivity contribution in [3.8, 4) is 11.4 Å². The van der Waals surface area contributed by atoms with E-state index in [9.17, 15) is 9.90 Å². The number of imidazole rings is 1. The van der Waals surface area contributed by atoms with Crippen LogP contribution in [-0.2, 0) is 13.0 Å². The van der Waals surface area contributed by atoms with Crippen LogP contribution in [0, 0.1) is 5.92 Å². The van der Waals surface area contributed by atoms with E-state index in [1.165, 1.54) is 5.56 Å². The summed E-state index contributed by atoms with van der Waals surface area (Å²) in [6, 6.07) is 15.7. The molecule has 1 amide bonds. The van der Waals surface area contributed by atoms with Crippen LogP contribution in [0.5, 0.6) is 0 Å². The zero-order valence-electron chi connectivity index (χ0n) is 15.1. The summed E-state index contributed by atoms with van der Waals surface area (Å²) in [5.74, 6) is 1.22. The molecule has 1 aliphatic rings. The van der Waals surface area contributed by atoms with Crippen molar-refractivity contribution >= 4 is 5.91 Å². The summed E-state index contributed by atoms with van der Waals surface area (Å²) >= 11 is 0. The van der Waals surface area contributed by atoms with Gasteiger partial charge < -0.3 is 15.0 Å². The van der Waals surface area contributed by atoms with Gasteiger partial charge in [0.05, 0.1) is 12.2 Å². The number of nitrogens with one attached hydrogen (secondary N) is 1. The van der Waals surface area contributed by atoms with Crippen LogP contribution in [0.1, 0.15) is 27.9 Å². The number of hydrogen-bond acceptors (Lipinski definition) is 3. The summed E-state index contributed by atoms with van der Waals surface area (Å²) in [6.07, 6.45) is 5.39. The van der Waals surface area contributed by atoms with Gasteiger partial charge in [0.25, 0.3) is 5.91 Å². The molecular weight excluding hydrogens is 338 g/mol. The van der Waals surface area contributed by atoms with E-state index in [1.54, 1.807) is 12.4 Å². The zero-order chi connectivity index (χ0) is 18.6. The maximum Gasteiger partial charge on any atom is 0.254 e. The number of aromatic nitrogens is 2. The highest BCUT2D eigenvalue weighted by Crippen LogP contribution is 2.26. The summed E-state index contributed by atoms with van der Waals surface area (Å²) in [5, 5.41) is 9.31. The molecule has 1 atom stereocenters. The fraction of sp³-hybridized carbons (Fsp3) is 0.273. The van der Waals surface area contributed by atoms with Gasteiger partial charge in [-0.2, -0.15) is 0 Å². The molecule has 1 saturated heterocycles. The summed E-state index contributed by atoms with van der Waals surface area (Å²) < 4.78 is 0. The van der Waals surface area contributed by atoms with E-state index in [1.807, 2.05) is 41.3 Å². The fourth-order valence-corrected chi connectivity index (χ4v) is 3.83. The summed E-state index contributed by atoms with van der Waals surface area (Å²) in [5.41, 5.74) is 3.68. The number of nitrogens with zero attached hydrogens (tertiary/aromatic N) is 2. The Balaban J connectivity index is 1.47. The third-order valence-corrected chi connectivity index (χ3v) is 5.18. The second-order valence-electron chi connectivity index (χ2n) is 7.07. The Kier molecular flexibility index (Phi) is 5.03. The molecule has 4 rings (SSSR count). The number of carbonyl (C=O) groups excluding carboxylic acids is 1. The maximum atomic E-state index is 13.1. The Morgan fingerprint density at radius 3 is 2.85 bits per heavy atom. The minimum Gasteiger partial charge on any atom is -0.392 e. The molecule has 5 heteroatoms. The number of carbonyl (C=O) groups is 1. The van der Waals surface area contributed by atoms with E-state index in [2.05, 4.69) is 22.1 Å². The molecule has 0 spiro atoms. The number of aromatic amines is 1.